The molecule has 1 aromatic heterocycles. The average molecular weight is 487 g/mol. The summed E-state index contributed by atoms with van der Waals surface area (Å²) in [5.74, 6) is -3.06. The fourth-order valence-electron chi connectivity index (χ4n) is 3.48. The van der Waals surface area contributed by atoms with Crippen LogP contribution in [0.3, 0.4) is 0 Å². The minimum Gasteiger partial charge on any atom is -0.505 e. The number of ether oxygens (including phenoxy) is 1. The minimum atomic E-state index is -1.25. The Bertz CT molecular complexity index is 1360. The van der Waals surface area contributed by atoms with Crippen molar-refractivity contribution in [3.05, 3.63) is 75.7 Å². The van der Waals surface area contributed by atoms with Crippen molar-refractivity contribution >= 4 is 17.7 Å². The van der Waals surface area contributed by atoms with Gasteiger partial charge in [0, 0.05) is 30.4 Å². The van der Waals surface area contributed by atoms with Crippen molar-refractivity contribution in [3.63, 3.8) is 0 Å². The number of carboxylic acid groups (broad SMARTS) is 1. The molecule has 0 fully saturated rings. The molecule has 3 aromatic rings. The third-order valence-electron chi connectivity index (χ3n) is 5.38. The van der Waals surface area contributed by atoms with E-state index in [-0.39, 0.29) is 28.1 Å². The SMILES string of the molecule is COc1cc(-c2ccc(F)cc2F)cc(C(CC(=O)O)NC(=O)Nc2c(O)cc(C)n(C)c2=O)c1. The Kier molecular flexibility index (Phi) is 7.38. The lowest BCUT2D eigenvalue weighted by molar-refractivity contribution is -0.137. The highest BCUT2D eigenvalue weighted by atomic mass is 19.1. The van der Waals surface area contributed by atoms with Crippen molar-refractivity contribution in [1.82, 2.24) is 9.88 Å². The smallest absolute Gasteiger partial charge is 0.319 e. The van der Waals surface area contributed by atoms with Crippen LogP contribution in [0.15, 0.2) is 47.3 Å². The van der Waals surface area contributed by atoms with Gasteiger partial charge >= 0.3 is 12.0 Å². The lowest BCUT2D eigenvalue weighted by Gasteiger charge is -2.20. The third kappa shape index (κ3) is 5.75. The molecule has 184 valence electrons. The maximum atomic E-state index is 14.4. The Hall–Kier alpha value is -4.41. The van der Waals surface area contributed by atoms with E-state index in [0.29, 0.717) is 11.8 Å². The maximum Gasteiger partial charge on any atom is 0.319 e. The van der Waals surface area contributed by atoms with Crippen LogP contribution in [0.5, 0.6) is 11.5 Å². The van der Waals surface area contributed by atoms with Crippen molar-refractivity contribution < 1.29 is 33.3 Å². The normalized spacial score (nSPS) is 11.6. The van der Waals surface area contributed by atoms with E-state index in [1.54, 1.807) is 6.92 Å². The van der Waals surface area contributed by atoms with Gasteiger partial charge in [0.2, 0.25) is 0 Å². The summed E-state index contributed by atoms with van der Waals surface area (Å²) in [7, 11) is 2.81. The number of halogens is 2. The van der Waals surface area contributed by atoms with Gasteiger partial charge in [0.15, 0.2) is 5.69 Å². The number of hydrogen-bond donors (Lipinski definition) is 4. The molecule has 1 atom stereocenters. The van der Waals surface area contributed by atoms with E-state index in [1.807, 2.05) is 0 Å². The monoisotopic (exact) mass is 487 g/mol. The molecule has 11 heteroatoms. The summed E-state index contributed by atoms with van der Waals surface area (Å²) in [6.07, 6.45) is -0.566. The average Bonchev–Trinajstić information content (AvgIpc) is 2.79. The van der Waals surface area contributed by atoms with Crippen molar-refractivity contribution in [1.29, 1.82) is 0 Å². The molecule has 0 aliphatic carbocycles. The van der Waals surface area contributed by atoms with Gasteiger partial charge in [-0.15, -0.1) is 0 Å². The van der Waals surface area contributed by atoms with Crippen molar-refractivity contribution in [2.24, 2.45) is 7.05 Å². The van der Waals surface area contributed by atoms with Crippen LogP contribution in [0.4, 0.5) is 19.3 Å². The van der Waals surface area contributed by atoms with Crippen LogP contribution in [0.25, 0.3) is 11.1 Å². The van der Waals surface area contributed by atoms with E-state index in [2.05, 4.69) is 10.6 Å². The number of carbonyl (C=O) groups is 2. The summed E-state index contributed by atoms with van der Waals surface area (Å²) in [4.78, 5) is 36.6. The highest BCUT2D eigenvalue weighted by molar-refractivity contribution is 5.91. The van der Waals surface area contributed by atoms with Gasteiger partial charge in [0.25, 0.3) is 5.56 Å². The second-order valence-electron chi connectivity index (χ2n) is 7.78. The number of aromatic nitrogens is 1. The molecule has 0 bridgehead atoms. The Morgan fingerprint density at radius 3 is 2.49 bits per heavy atom. The zero-order valence-corrected chi connectivity index (χ0v) is 19.1. The number of carboxylic acids is 1. The summed E-state index contributed by atoms with van der Waals surface area (Å²) in [5, 5.41) is 24.2. The number of urea groups is 1. The molecule has 0 radical (unpaired) electrons. The van der Waals surface area contributed by atoms with Gasteiger partial charge in [0.1, 0.15) is 23.1 Å². The Morgan fingerprint density at radius 2 is 1.86 bits per heavy atom. The summed E-state index contributed by atoms with van der Waals surface area (Å²) < 4.78 is 34.2. The number of amides is 2. The first-order valence-corrected chi connectivity index (χ1v) is 10.3. The van der Waals surface area contributed by atoms with Gasteiger partial charge in [-0.05, 0) is 48.4 Å². The number of aliphatic carboxylic acids is 1. The molecule has 3 rings (SSSR count). The second-order valence-corrected chi connectivity index (χ2v) is 7.78. The summed E-state index contributed by atoms with van der Waals surface area (Å²) in [6.45, 7) is 1.60. The summed E-state index contributed by atoms with van der Waals surface area (Å²) >= 11 is 0. The number of pyridine rings is 1. The van der Waals surface area contributed by atoms with Crippen LogP contribution in [0.2, 0.25) is 0 Å². The molecule has 35 heavy (non-hydrogen) atoms. The number of nitrogens with zero attached hydrogens (tertiary/aromatic N) is 1. The number of benzene rings is 2. The first-order chi connectivity index (χ1) is 16.5. The van der Waals surface area contributed by atoms with E-state index in [9.17, 15) is 33.4 Å². The van der Waals surface area contributed by atoms with E-state index in [4.69, 9.17) is 4.74 Å². The molecule has 0 aliphatic heterocycles. The van der Waals surface area contributed by atoms with Gasteiger partial charge in [-0.2, -0.15) is 0 Å². The zero-order chi connectivity index (χ0) is 25.9. The topological polar surface area (TPSA) is 130 Å². The summed E-state index contributed by atoms with van der Waals surface area (Å²) in [6, 6.07) is 6.59. The quantitative estimate of drug-likeness (QED) is 0.402. The molecule has 0 saturated heterocycles. The first-order valence-electron chi connectivity index (χ1n) is 10.3. The molecule has 2 aromatic carbocycles. The lowest BCUT2D eigenvalue weighted by atomic mass is 9.97. The van der Waals surface area contributed by atoms with Crippen LogP contribution in [0, 0.1) is 18.6 Å². The van der Waals surface area contributed by atoms with Crippen molar-refractivity contribution in [2.45, 2.75) is 19.4 Å². The maximum absolute atomic E-state index is 14.4. The minimum absolute atomic E-state index is 0.0400. The molecule has 0 saturated carbocycles. The largest absolute Gasteiger partial charge is 0.505 e. The van der Waals surface area contributed by atoms with E-state index in [1.165, 1.54) is 49.1 Å². The molecule has 1 unspecified atom stereocenters. The number of hydrogen-bond acceptors (Lipinski definition) is 5. The zero-order valence-electron chi connectivity index (χ0n) is 19.1. The molecule has 0 spiro atoms. The predicted octanol–water partition coefficient (Wildman–Crippen LogP) is 3.69. The van der Waals surface area contributed by atoms with Crippen molar-refractivity contribution in [3.8, 4) is 22.6 Å². The van der Waals surface area contributed by atoms with Gasteiger partial charge < -0.3 is 30.2 Å². The fourth-order valence-corrected chi connectivity index (χ4v) is 3.48. The van der Waals surface area contributed by atoms with Crippen molar-refractivity contribution in [2.75, 3.05) is 12.4 Å². The first kappa shape index (κ1) is 25.2. The molecule has 9 nitrogen and oxygen atoms in total. The number of methoxy groups -OCH3 is 1. The third-order valence-corrected chi connectivity index (χ3v) is 5.38. The summed E-state index contributed by atoms with van der Waals surface area (Å²) in [5.41, 5.74) is -0.0364. The lowest BCUT2D eigenvalue weighted by Crippen LogP contribution is -2.36. The van der Waals surface area contributed by atoms with Crippen LogP contribution in [0.1, 0.15) is 23.7 Å². The number of rotatable bonds is 7. The van der Waals surface area contributed by atoms with E-state index >= 15 is 0 Å². The Morgan fingerprint density at radius 1 is 1.14 bits per heavy atom. The predicted molar refractivity (Wildman–Crippen MR) is 124 cm³/mol. The Balaban J connectivity index is 1.98. The highest BCUT2D eigenvalue weighted by Gasteiger charge is 2.22. The molecule has 0 aliphatic rings. The number of aromatic hydroxyl groups is 1. The second kappa shape index (κ2) is 10.2. The number of anilines is 1. The Labute approximate surface area is 198 Å². The molecular weight excluding hydrogens is 464 g/mol. The standard InChI is InChI=1S/C24H23F2N3O6/c1-12-6-20(30)22(23(33)29(12)2)28-24(34)27-19(11-21(31)32)14-7-13(8-16(9-14)35-3)17-5-4-15(25)10-18(17)26/h4-10,19,30H,11H2,1-3H3,(H,31,32)(H2,27,28,34). The molecule has 2 amide bonds. The van der Waals surface area contributed by atoms with E-state index in [0.717, 1.165) is 6.07 Å². The molecule has 1 heterocycles. The number of nitrogens with one attached hydrogen (secondary N) is 2. The van der Waals surface area contributed by atoms with E-state index < -0.39 is 47.4 Å². The van der Waals surface area contributed by atoms with Crippen LogP contribution < -0.4 is 20.9 Å². The highest BCUT2D eigenvalue weighted by Crippen LogP contribution is 2.32. The van der Waals surface area contributed by atoms with Gasteiger partial charge in [0.05, 0.1) is 19.6 Å². The molecular formula is C24H23F2N3O6. The van der Waals surface area contributed by atoms with Crippen LogP contribution in [-0.2, 0) is 11.8 Å². The van der Waals surface area contributed by atoms with Gasteiger partial charge in [-0.25, -0.2) is 13.6 Å². The number of carbonyl (C=O) groups excluding carboxylic acids is 1. The van der Waals surface area contributed by atoms with Crippen LogP contribution in [-0.4, -0.2) is 33.9 Å². The number of aryl methyl sites for hydroxylation is 1. The van der Waals surface area contributed by atoms with Gasteiger partial charge in [-0.3, -0.25) is 9.59 Å². The van der Waals surface area contributed by atoms with Crippen LogP contribution >= 0.6 is 0 Å². The molecule has 4 N–H and O–H groups in total. The van der Waals surface area contributed by atoms with Gasteiger partial charge in [-0.1, -0.05) is 0 Å². The fraction of sp³-hybridized carbons (Fsp3) is 0.208.